The Balaban J connectivity index is 2.30. The maximum atomic E-state index is 12.0. The zero-order valence-electron chi connectivity index (χ0n) is 13.9. The number of carboxylic acid groups (broad SMARTS) is 1. The van der Waals surface area contributed by atoms with Crippen LogP contribution < -0.4 is 5.73 Å². The fourth-order valence-corrected chi connectivity index (χ4v) is 4.17. The van der Waals surface area contributed by atoms with Crippen LogP contribution in [0.2, 0.25) is 0 Å². The third kappa shape index (κ3) is 3.70. The van der Waals surface area contributed by atoms with Crippen molar-refractivity contribution in [2.24, 2.45) is 35.3 Å². The number of carbonyl (C=O) groups is 1. The fourth-order valence-electron chi connectivity index (χ4n) is 4.17. The summed E-state index contributed by atoms with van der Waals surface area (Å²) in [6, 6.07) is 9.24. The van der Waals surface area contributed by atoms with Crippen molar-refractivity contribution in [1.82, 2.24) is 0 Å². The first-order valence-electron chi connectivity index (χ1n) is 8.45. The first-order valence-corrected chi connectivity index (χ1v) is 8.45. The van der Waals surface area contributed by atoms with Gasteiger partial charge in [-0.1, -0.05) is 57.5 Å². The van der Waals surface area contributed by atoms with Crippen LogP contribution in [0.25, 0.3) is 0 Å². The Morgan fingerprint density at radius 2 is 1.82 bits per heavy atom. The van der Waals surface area contributed by atoms with Crippen LogP contribution in [-0.2, 0) is 4.79 Å². The maximum absolute atomic E-state index is 12.0. The molecule has 0 spiro atoms. The molecule has 3 heteroatoms. The lowest BCUT2D eigenvalue weighted by atomic mass is 9.63. The van der Waals surface area contributed by atoms with Crippen molar-refractivity contribution >= 4 is 5.97 Å². The Labute approximate surface area is 133 Å². The van der Waals surface area contributed by atoms with E-state index in [9.17, 15) is 9.90 Å². The lowest BCUT2D eigenvalue weighted by molar-refractivity contribution is -0.147. The standard InChI is InChI=1S/C19H29NO2/c1-12(2)15-10-9-13(3)11-16(15)17(19(21)22)18(20)14-7-5-4-6-8-14/h4-8,12-13,15-18H,9-11,20H2,1-3H3,(H,21,22)/t13-,15?,16-,17+,18?/m1/s1. The molecule has 5 atom stereocenters. The molecular formula is C19H29NO2. The van der Waals surface area contributed by atoms with Crippen LogP contribution in [0, 0.1) is 29.6 Å². The number of benzene rings is 1. The second kappa shape index (κ2) is 7.28. The second-order valence-corrected chi connectivity index (χ2v) is 7.29. The summed E-state index contributed by atoms with van der Waals surface area (Å²) in [5.74, 6) is 0.453. The molecule has 0 amide bonds. The summed E-state index contributed by atoms with van der Waals surface area (Å²) in [7, 11) is 0. The Bertz CT molecular complexity index is 485. The number of carboxylic acids is 1. The highest BCUT2D eigenvalue weighted by Gasteiger charge is 2.42. The average Bonchev–Trinajstić information content (AvgIpc) is 2.47. The third-order valence-corrected chi connectivity index (χ3v) is 5.39. The molecule has 0 aromatic heterocycles. The van der Waals surface area contributed by atoms with Crippen LogP contribution in [0.1, 0.15) is 51.6 Å². The summed E-state index contributed by atoms with van der Waals surface area (Å²) >= 11 is 0. The van der Waals surface area contributed by atoms with Gasteiger partial charge < -0.3 is 10.8 Å². The van der Waals surface area contributed by atoms with Gasteiger partial charge in [-0.3, -0.25) is 4.79 Å². The third-order valence-electron chi connectivity index (χ3n) is 5.39. The van der Waals surface area contributed by atoms with Gasteiger partial charge >= 0.3 is 5.97 Å². The highest BCUT2D eigenvalue weighted by atomic mass is 16.4. The first-order chi connectivity index (χ1) is 10.4. The number of hydrogen-bond acceptors (Lipinski definition) is 2. The molecule has 1 fully saturated rings. The number of rotatable bonds is 5. The second-order valence-electron chi connectivity index (χ2n) is 7.29. The van der Waals surface area contributed by atoms with Gasteiger partial charge in [-0.05, 0) is 42.1 Å². The summed E-state index contributed by atoms with van der Waals surface area (Å²) < 4.78 is 0. The predicted molar refractivity (Wildman–Crippen MR) is 89.3 cm³/mol. The van der Waals surface area contributed by atoms with Gasteiger partial charge in [0, 0.05) is 6.04 Å². The van der Waals surface area contributed by atoms with Crippen LogP contribution in [0.5, 0.6) is 0 Å². The molecule has 0 bridgehead atoms. The van der Waals surface area contributed by atoms with Crippen LogP contribution in [0.3, 0.4) is 0 Å². The van der Waals surface area contributed by atoms with E-state index in [0.29, 0.717) is 17.8 Å². The number of aliphatic carboxylic acids is 1. The quantitative estimate of drug-likeness (QED) is 0.861. The maximum Gasteiger partial charge on any atom is 0.308 e. The van der Waals surface area contributed by atoms with E-state index in [4.69, 9.17) is 5.73 Å². The molecule has 122 valence electrons. The van der Waals surface area contributed by atoms with E-state index in [-0.39, 0.29) is 5.92 Å². The van der Waals surface area contributed by atoms with Crippen molar-refractivity contribution in [3.05, 3.63) is 35.9 Å². The Morgan fingerprint density at radius 3 is 2.36 bits per heavy atom. The van der Waals surface area contributed by atoms with Gasteiger partial charge in [-0.2, -0.15) is 0 Å². The minimum Gasteiger partial charge on any atom is -0.481 e. The zero-order valence-corrected chi connectivity index (χ0v) is 13.9. The molecule has 2 unspecified atom stereocenters. The molecule has 0 heterocycles. The van der Waals surface area contributed by atoms with Crippen molar-refractivity contribution < 1.29 is 9.90 Å². The van der Waals surface area contributed by atoms with Crippen molar-refractivity contribution in [3.63, 3.8) is 0 Å². The van der Waals surface area contributed by atoms with Gasteiger partial charge in [0.2, 0.25) is 0 Å². The van der Waals surface area contributed by atoms with Crippen LogP contribution in [0.15, 0.2) is 30.3 Å². The van der Waals surface area contributed by atoms with Crippen LogP contribution >= 0.6 is 0 Å². The van der Waals surface area contributed by atoms with E-state index in [1.807, 2.05) is 30.3 Å². The van der Waals surface area contributed by atoms with E-state index in [0.717, 1.165) is 18.4 Å². The summed E-state index contributed by atoms with van der Waals surface area (Å²) in [4.78, 5) is 12.0. The number of nitrogens with two attached hydrogens (primary N) is 1. The molecule has 1 aromatic rings. The van der Waals surface area contributed by atoms with Gasteiger partial charge in [0.05, 0.1) is 5.92 Å². The van der Waals surface area contributed by atoms with Gasteiger partial charge in [-0.15, -0.1) is 0 Å². The van der Waals surface area contributed by atoms with Gasteiger partial charge in [0.1, 0.15) is 0 Å². The van der Waals surface area contributed by atoms with Crippen molar-refractivity contribution in [2.45, 2.75) is 46.1 Å². The van der Waals surface area contributed by atoms with E-state index in [2.05, 4.69) is 20.8 Å². The molecule has 1 saturated carbocycles. The van der Waals surface area contributed by atoms with E-state index < -0.39 is 17.9 Å². The number of hydrogen-bond donors (Lipinski definition) is 2. The molecule has 3 N–H and O–H groups in total. The summed E-state index contributed by atoms with van der Waals surface area (Å²) in [6.45, 7) is 6.65. The summed E-state index contributed by atoms with van der Waals surface area (Å²) in [5, 5.41) is 9.86. The van der Waals surface area contributed by atoms with Gasteiger partial charge in [0.15, 0.2) is 0 Å². The van der Waals surface area contributed by atoms with Crippen LogP contribution in [0.4, 0.5) is 0 Å². The van der Waals surface area contributed by atoms with Crippen molar-refractivity contribution in [3.8, 4) is 0 Å². The molecule has 1 aromatic carbocycles. The van der Waals surface area contributed by atoms with Crippen molar-refractivity contribution in [1.29, 1.82) is 0 Å². The minimum atomic E-state index is -0.749. The molecule has 3 nitrogen and oxygen atoms in total. The Morgan fingerprint density at radius 1 is 1.18 bits per heavy atom. The summed E-state index contributed by atoms with van der Waals surface area (Å²) in [5.41, 5.74) is 7.32. The predicted octanol–water partition coefficient (Wildman–Crippen LogP) is 4.10. The zero-order chi connectivity index (χ0) is 16.3. The Kier molecular flexibility index (Phi) is 5.63. The molecule has 22 heavy (non-hydrogen) atoms. The minimum absolute atomic E-state index is 0.163. The lowest BCUT2D eigenvalue weighted by Gasteiger charge is -2.42. The SMILES string of the molecule is CC(C)C1CC[C@@H](C)C[C@H]1[C@H](C(=O)O)C(N)c1ccccc1. The largest absolute Gasteiger partial charge is 0.481 e. The molecule has 1 aliphatic rings. The van der Waals surface area contributed by atoms with Gasteiger partial charge in [-0.25, -0.2) is 0 Å². The molecule has 2 rings (SSSR count). The van der Waals surface area contributed by atoms with E-state index in [1.165, 1.54) is 6.42 Å². The lowest BCUT2D eigenvalue weighted by Crippen LogP contribution is -2.41. The molecule has 0 radical (unpaired) electrons. The summed E-state index contributed by atoms with van der Waals surface area (Å²) in [6.07, 6.45) is 3.29. The topological polar surface area (TPSA) is 63.3 Å². The molecule has 1 aliphatic carbocycles. The molecular weight excluding hydrogens is 274 g/mol. The van der Waals surface area contributed by atoms with E-state index >= 15 is 0 Å². The fraction of sp³-hybridized carbons (Fsp3) is 0.632. The molecule has 0 aliphatic heterocycles. The monoisotopic (exact) mass is 303 g/mol. The smallest absolute Gasteiger partial charge is 0.308 e. The highest BCUT2D eigenvalue weighted by Crippen LogP contribution is 2.44. The van der Waals surface area contributed by atoms with E-state index in [1.54, 1.807) is 0 Å². The normalized spacial score (nSPS) is 28.3. The average molecular weight is 303 g/mol. The van der Waals surface area contributed by atoms with Crippen LogP contribution in [-0.4, -0.2) is 11.1 Å². The Hall–Kier alpha value is -1.35. The highest BCUT2D eigenvalue weighted by molar-refractivity contribution is 5.71. The van der Waals surface area contributed by atoms with Gasteiger partial charge in [0.25, 0.3) is 0 Å². The molecule has 0 saturated heterocycles. The van der Waals surface area contributed by atoms with Crippen molar-refractivity contribution in [2.75, 3.05) is 0 Å². The first kappa shape index (κ1) is 17.0.